The SMILES string of the molecule is CC(=O)N1CCC(C(=O)N(CCCN2CC3CN(C(=O)c4cc(Br)ccc4Br)CC3C2)c2ccc(C)c(Cl)c2)CC1. The zero-order chi connectivity index (χ0) is 29.3. The minimum absolute atomic E-state index is 0.0712. The van der Waals surface area contributed by atoms with Crippen LogP contribution in [0, 0.1) is 24.7 Å². The van der Waals surface area contributed by atoms with E-state index in [-0.39, 0.29) is 23.6 Å². The van der Waals surface area contributed by atoms with Crippen LogP contribution in [0.3, 0.4) is 0 Å². The molecular weight excluding hydrogens is 672 g/mol. The van der Waals surface area contributed by atoms with Gasteiger partial charge in [-0.05, 0) is 96.4 Å². The largest absolute Gasteiger partial charge is 0.343 e. The summed E-state index contributed by atoms with van der Waals surface area (Å²) in [5, 5.41) is 0.660. The van der Waals surface area contributed by atoms with Gasteiger partial charge in [0.05, 0.1) is 5.56 Å². The van der Waals surface area contributed by atoms with Gasteiger partial charge in [-0.1, -0.05) is 33.6 Å². The quantitative estimate of drug-likeness (QED) is 0.362. The van der Waals surface area contributed by atoms with Gasteiger partial charge in [0.1, 0.15) is 0 Å². The first-order valence-electron chi connectivity index (χ1n) is 14.4. The zero-order valence-corrected chi connectivity index (χ0v) is 27.5. The molecule has 3 saturated heterocycles. The summed E-state index contributed by atoms with van der Waals surface area (Å²) in [6.45, 7) is 9.85. The van der Waals surface area contributed by atoms with E-state index in [1.54, 1.807) is 6.92 Å². The van der Waals surface area contributed by atoms with Crippen molar-refractivity contribution < 1.29 is 14.4 Å². The molecule has 3 aliphatic heterocycles. The maximum Gasteiger partial charge on any atom is 0.255 e. The molecule has 3 amide bonds. The van der Waals surface area contributed by atoms with Crippen LogP contribution in [-0.4, -0.2) is 84.8 Å². The lowest BCUT2D eigenvalue weighted by Crippen LogP contribution is -2.44. The molecule has 5 rings (SSSR count). The van der Waals surface area contributed by atoms with Crippen LogP contribution in [0.1, 0.15) is 42.1 Å². The van der Waals surface area contributed by atoms with E-state index in [1.165, 1.54) is 0 Å². The summed E-state index contributed by atoms with van der Waals surface area (Å²) in [6, 6.07) is 11.6. The van der Waals surface area contributed by atoms with Crippen LogP contribution in [-0.2, 0) is 9.59 Å². The third-order valence-electron chi connectivity index (χ3n) is 8.89. The van der Waals surface area contributed by atoms with Gasteiger partial charge in [-0.3, -0.25) is 14.4 Å². The van der Waals surface area contributed by atoms with E-state index in [0.717, 1.165) is 59.3 Å². The highest BCUT2D eigenvalue weighted by atomic mass is 79.9. The van der Waals surface area contributed by atoms with Crippen LogP contribution in [0.5, 0.6) is 0 Å². The Morgan fingerprint density at radius 3 is 2.27 bits per heavy atom. The summed E-state index contributed by atoms with van der Waals surface area (Å²) >= 11 is 13.5. The van der Waals surface area contributed by atoms with Gasteiger partial charge in [-0.2, -0.15) is 0 Å². The molecule has 2 aromatic rings. The summed E-state index contributed by atoms with van der Waals surface area (Å²) in [7, 11) is 0. The van der Waals surface area contributed by atoms with Crippen molar-refractivity contribution in [3.8, 4) is 0 Å². The van der Waals surface area contributed by atoms with E-state index < -0.39 is 0 Å². The van der Waals surface area contributed by atoms with Crippen molar-refractivity contribution in [1.82, 2.24) is 14.7 Å². The average molecular weight is 709 g/mol. The summed E-state index contributed by atoms with van der Waals surface area (Å²) in [5.41, 5.74) is 2.52. The number of carbonyl (C=O) groups excluding carboxylic acids is 3. The van der Waals surface area contributed by atoms with Crippen LogP contribution < -0.4 is 4.90 Å². The molecular formula is C31H37Br2ClN4O3. The molecule has 0 N–H and O–H groups in total. The number of aryl methyl sites for hydroxylation is 1. The first-order valence-corrected chi connectivity index (χ1v) is 16.4. The maximum atomic E-state index is 13.7. The smallest absolute Gasteiger partial charge is 0.255 e. The van der Waals surface area contributed by atoms with Crippen LogP contribution in [0.25, 0.3) is 0 Å². The highest BCUT2D eigenvalue weighted by Gasteiger charge is 2.42. The number of rotatable bonds is 7. The van der Waals surface area contributed by atoms with Crippen LogP contribution >= 0.6 is 43.5 Å². The number of fused-ring (bicyclic) bond motifs is 1. The number of amides is 3. The van der Waals surface area contributed by atoms with Gasteiger partial charge in [-0.15, -0.1) is 0 Å². The molecule has 3 heterocycles. The minimum atomic E-state index is -0.0920. The fourth-order valence-electron chi connectivity index (χ4n) is 6.50. The van der Waals surface area contributed by atoms with Crippen molar-refractivity contribution in [3.05, 3.63) is 61.5 Å². The molecule has 0 aliphatic carbocycles. The van der Waals surface area contributed by atoms with Crippen LogP contribution in [0.4, 0.5) is 5.69 Å². The van der Waals surface area contributed by atoms with E-state index in [4.69, 9.17) is 11.6 Å². The lowest BCUT2D eigenvalue weighted by atomic mass is 9.94. The second-order valence-electron chi connectivity index (χ2n) is 11.7. The van der Waals surface area contributed by atoms with Gasteiger partial charge in [-0.25, -0.2) is 0 Å². The van der Waals surface area contributed by atoms with Crippen molar-refractivity contribution in [2.24, 2.45) is 17.8 Å². The molecule has 2 unspecified atom stereocenters. The predicted molar refractivity (Wildman–Crippen MR) is 169 cm³/mol. The van der Waals surface area contributed by atoms with Gasteiger partial charge in [0.15, 0.2) is 0 Å². The monoisotopic (exact) mass is 706 g/mol. The standard InChI is InChI=1S/C31H37Br2ClN4O3/c1-20-4-6-26(15-29(20)34)38(30(40)22-8-12-36(13-9-22)21(2)39)11-3-10-35-16-23-18-37(19-24(23)17-35)31(41)27-14-25(32)5-7-28(27)33/h4-7,14-15,22-24H,3,8-13,16-19H2,1-2H3. The molecule has 0 bridgehead atoms. The van der Waals surface area contributed by atoms with Gasteiger partial charge in [0.2, 0.25) is 11.8 Å². The summed E-state index contributed by atoms with van der Waals surface area (Å²) in [5.74, 6) is 1.14. The predicted octanol–water partition coefficient (Wildman–Crippen LogP) is 5.86. The van der Waals surface area contributed by atoms with Gasteiger partial charge in [0.25, 0.3) is 5.91 Å². The molecule has 0 saturated carbocycles. The van der Waals surface area contributed by atoms with Crippen LogP contribution in [0.2, 0.25) is 5.02 Å². The number of halogens is 3. The Bertz CT molecular complexity index is 1300. The molecule has 41 heavy (non-hydrogen) atoms. The minimum Gasteiger partial charge on any atom is -0.343 e. The number of hydrogen-bond acceptors (Lipinski definition) is 4. The number of carbonyl (C=O) groups is 3. The highest BCUT2D eigenvalue weighted by molar-refractivity contribution is 9.11. The first kappa shape index (κ1) is 30.5. The maximum absolute atomic E-state index is 13.7. The number of likely N-dealkylation sites (tertiary alicyclic amines) is 3. The second kappa shape index (κ2) is 13.1. The second-order valence-corrected chi connectivity index (χ2v) is 13.8. The zero-order valence-electron chi connectivity index (χ0n) is 23.6. The van der Waals surface area contributed by atoms with E-state index in [9.17, 15) is 14.4 Å². The molecule has 2 atom stereocenters. The lowest BCUT2D eigenvalue weighted by molar-refractivity contribution is -0.133. The molecule has 0 aromatic heterocycles. The Labute approximate surface area is 264 Å². The molecule has 10 heteroatoms. The lowest BCUT2D eigenvalue weighted by Gasteiger charge is -2.34. The third-order valence-corrected chi connectivity index (χ3v) is 10.5. The topological polar surface area (TPSA) is 64.2 Å². The van der Waals surface area contributed by atoms with Crippen molar-refractivity contribution in [2.45, 2.75) is 33.1 Å². The van der Waals surface area contributed by atoms with Crippen LogP contribution in [0.15, 0.2) is 45.3 Å². The van der Waals surface area contributed by atoms with E-state index in [1.807, 2.05) is 58.0 Å². The normalized spacial score (nSPS) is 21.3. The van der Waals surface area contributed by atoms with E-state index in [2.05, 4.69) is 36.8 Å². The number of nitrogens with zero attached hydrogens (tertiary/aromatic N) is 4. The number of benzene rings is 2. The van der Waals surface area contributed by atoms with E-state index in [0.29, 0.717) is 54.9 Å². The van der Waals surface area contributed by atoms with Gasteiger partial charge >= 0.3 is 0 Å². The molecule has 3 fully saturated rings. The Hall–Kier alpha value is -1.94. The van der Waals surface area contributed by atoms with Crippen molar-refractivity contribution in [3.63, 3.8) is 0 Å². The molecule has 7 nitrogen and oxygen atoms in total. The Balaban J connectivity index is 1.17. The molecule has 0 spiro atoms. The molecule has 220 valence electrons. The fraction of sp³-hybridized carbons (Fsp3) is 0.516. The van der Waals surface area contributed by atoms with Gasteiger partial charge in [0, 0.05) is 78.3 Å². The number of hydrogen-bond donors (Lipinski definition) is 0. The third kappa shape index (κ3) is 7.00. The van der Waals surface area contributed by atoms with Crippen molar-refractivity contribution in [1.29, 1.82) is 0 Å². The molecule has 0 radical (unpaired) electrons. The number of piperidine rings is 1. The Morgan fingerprint density at radius 2 is 1.63 bits per heavy atom. The number of anilines is 1. The Morgan fingerprint density at radius 1 is 0.951 bits per heavy atom. The summed E-state index contributed by atoms with van der Waals surface area (Å²) in [6.07, 6.45) is 2.24. The first-order chi connectivity index (χ1) is 19.6. The van der Waals surface area contributed by atoms with Gasteiger partial charge < -0.3 is 19.6 Å². The molecule has 2 aromatic carbocycles. The van der Waals surface area contributed by atoms with Crippen molar-refractivity contribution >= 4 is 66.9 Å². The summed E-state index contributed by atoms with van der Waals surface area (Å²) in [4.78, 5) is 46.9. The highest BCUT2D eigenvalue weighted by Crippen LogP contribution is 2.34. The molecule has 3 aliphatic rings. The summed E-state index contributed by atoms with van der Waals surface area (Å²) < 4.78 is 1.72. The van der Waals surface area contributed by atoms with E-state index >= 15 is 0 Å². The fourth-order valence-corrected chi connectivity index (χ4v) is 7.45. The average Bonchev–Trinajstić information content (AvgIpc) is 3.52. The van der Waals surface area contributed by atoms with Crippen molar-refractivity contribution in [2.75, 3.05) is 57.3 Å². The Kier molecular flexibility index (Phi) is 9.78.